The normalized spacial score (nSPS) is 11.6. The number of nitrogens with zero attached hydrogens (tertiary/aromatic N) is 7. The summed E-state index contributed by atoms with van der Waals surface area (Å²) in [5.41, 5.74) is 37.9. The first-order valence-electron chi connectivity index (χ1n) is 37.3. The predicted molar refractivity (Wildman–Crippen MR) is 490 cm³/mol. The zero-order chi connectivity index (χ0) is 79.7. The third kappa shape index (κ3) is 20.1. The first-order chi connectivity index (χ1) is 55.8. The van der Waals surface area contributed by atoms with E-state index in [0.717, 1.165) is 189 Å². The van der Waals surface area contributed by atoms with Crippen LogP contribution in [0.4, 0.5) is 22.7 Å². The Bertz CT molecular complexity index is 6020. The molecule has 8 aromatic carbocycles. The van der Waals surface area contributed by atoms with Crippen LogP contribution < -0.4 is 87.3 Å². The summed E-state index contributed by atoms with van der Waals surface area (Å²) in [6, 6.07) is 88.7. The molecule has 14 aromatic rings. The van der Waals surface area contributed by atoms with Crippen LogP contribution in [-0.4, -0.2) is 94.1 Å². The molecular formula is C96H85I3N13O4P. The van der Waals surface area contributed by atoms with Gasteiger partial charge in [0.15, 0.2) is 0 Å². The molecule has 17 nitrogen and oxygen atoms in total. The molecule has 0 atom stereocenters. The van der Waals surface area contributed by atoms with E-state index in [-0.39, 0.29) is 48.0 Å². The fourth-order valence-corrected chi connectivity index (χ4v) is 13.7. The summed E-state index contributed by atoms with van der Waals surface area (Å²) >= 11 is 2.15. The van der Waals surface area contributed by atoms with Gasteiger partial charge in [-0.25, -0.2) is 19.9 Å². The number of halogens is 3. The van der Waals surface area contributed by atoms with E-state index in [1.54, 1.807) is 7.05 Å². The van der Waals surface area contributed by atoms with E-state index < -0.39 is 0 Å². The highest BCUT2D eigenvalue weighted by atomic mass is 127. The van der Waals surface area contributed by atoms with Gasteiger partial charge < -0.3 is 98.3 Å². The fourth-order valence-electron chi connectivity index (χ4n) is 13.7. The van der Waals surface area contributed by atoms with Crippen molar-refractivity contribution in [2.45, 2.75) is 0 Å². The maximum atomic E-state index is 6.24. The van der Waals surface area contributed by atoms with Gasteiger partial charge >= 0.3 is 0 Å². The molecule has 117 heavy (non-hydrogen) atoms. The molecule has 16 bridgehead atoms. The van der Waals surface area contributed by atoms with Crippen molar-refractivity contribution in [2.75, 3.05) is 65.7 Å². The summed E-state index contributed by atoms with van der Waals surface area (Å²) in [6.45, 7) is 0. The summed E-state index contributed by atoms with van der Waals surface area (Å²) in [4.78, 5) is 36.9. The summed E-state index contributed by atoms with van der Waals surface area (Å²) in [7, 11) is 17.4. The lowest BCUT2D eigenvalue weighted by molar-refractivity contribution is -0.001000. The number of fused-ring (bicyclic) bond motifs is 16. The van der Waals surface area contributed by atoms with Crippen molar-refractivity contribution in [3.05, 3.63) is 312 Å². The standard InChI is InChI=1S/C50H46N6O2.C44H32N6O2.CH3I.CH4NP.2HI/c1-55(2,3)39-15-23-43(24-16-39)57-41-19-7-33(8-20-41)49-45-27-11-35(51-45)31-37-13-29-47(53-37)50(48-30-14-38(54-48)32-36-12-28-46(49)52-36)34-9-21-42(22-10-34)58-44-25-17-40(18-26-44)56(4,5)6;45-29-5-17-37(18-6-29)51-35-13-1-27(2-14-35)43-39-21-9-31(47-39)25-33-11-23-41(49-33)44(42-24-12-34(50-42)26-32-10-22-40(43)48-32)28-3-15-36(16-4-28)52-38-19-7-30(46)8-20-38;1-2;1-2-3;;/h7-32,51,54H,1-6H3;1-26,47,50H,45-46H2;1H3;3H,1H3;2*1H/q+2;;;;;/p-2. The minimum atomic E-state index is 0. The molecule has 584 valence electrons. The van der Waals surface area contributed by atoms with Crippen LogP contribution in [0.3, 0.4) is 0 Å². The Hall–Kier alpha value is -12.0. The average Bonchev–Trinajstić information content (AvgIpc) is 1.65. The number of alkyl halides is 1. The van der Waals surface area contributed by atoms with Gasteiger partial charge in [-0.05, 0) is 279 Å². The summed E-state index contributed by atoms with van der Waals surface area (Å²) in [5.74, 6) is 6.03. The van der Waals surface area contributed by atoms with E-state index in [4.69, 9.17) is 50.4 Å². The second-order valence-electron chi connectivity index (χ2n) is 29.3. The van der Waals surface area contributed by atoms with Crippen LogP contribution in [0.15, 0.2) is 272 Å². The van der Waals surface area contributed by atoms with Gasteiger partial charge in [0.05, 0.1) is 87.8 Å². The van der Waals surface area contributed by atoms with Crippen molar-refractivity contribution in [3.63, 3.8) is 0 Å². The van der Waals surface area contributed by atoms with Gasteiger partial charge in [-0.3, -0.25) is 13.7 Å². The van der Waals surface area contributed by atoms with Crippen LogP contribution >= 0.6 is 31.6 Å². The number of benzene rings is 8. The fraction of sp³-hybridized carbons (Fsp3) is 0.0833. The summed E-state index contributed by atoms with van der Waals surface area (Å²) in [6.07, 6.45) is 16.5. The van der Waals surface area contributed by atoms with Gasteiger partial charge in [0.1, 0.15) is 57.4 Å². The SMILES string of the molecule is CI.CN=P.C[N+](C)(C)c1ccc(Oc2ccc(-c3c4nc(cc5ccc([nH]5)c(-c5ccc(Oc6ccc([N+](C)(C)C)cc6)cc5)c5nc(cc6ccc3[nH]6)C=C5)C=C4)cc2)cc1.Nc1ccc(Oc2ccc(-c3c4nc(cc5ccc([nH]5)c(-c5ccc(Oc6ccc(N)cc6)cc5)c5nc(cc6ccc3[nH]6)C=C5)C=C4)cc2)cc1.[I-].[I-]. The number of H-pyrrole nitrogens is 4. The molecule has 4 aliphatic heterocycles. The number of aromatic nitrogens is 8. The maximum absolute atomic E-state index is 6.24. The topological polar surface area (TPSA) is 216 Å². The molecule has 0 spiro atoms. The van der Waals surface area contributed by atoms with Crippen molar-refractivity contribution in [3.8, 4) is 90.5 Å². The zero-order valence-corrected chi connectivity index (χ0v) is 73.0. The van der Waals surface area contributed by atoms with Crippen molar-refractivity contribution in [2.24, 2.45) is 4.74 Å². The number of ether oxygens (including phenoxy) is 4. The van der Waals surface area contributed by atoms with Crippen LogP contribution in [0, 0.1) is 0 Å². The molecule has 18 rings (SSSR count). The second kappa shape index (κ2) is 36.8. The maximum Gasteiger partial charge on any atom is 0.132 e. The number of hydrogen-bond donors (Lipinski definition) is 6. The first kappa shape index (κ1) is 82.9. The van der Waals surface area contributed by atoms with Crippen molar-refractivity contribution in [1.29, 1.82) is 0 Å². The Morgan fingerprint density at radius 2 is 0.479 bits per heavy atom. The molecular weight excluding hydrogens is 1810 g/mol. The Morgan fingerprint density at radius 3 is 0.675 bits per heavy atom. The van der Waals surface area contributed by atoms with Crippen molar-refractivity contribution < 1.29 is 66.9 Å². The Balaban J connectivity index is 0.000000191. The minimum absolute atomic E-state index is 0. The number of nitrogens with one attached hydrogen (secondary N) is 4. The molecule has 21 heteroatoms. The van der Waals surface area contributed by atoms with E-state index in [9.17, 15) is 0 Å². The summed E-state index contributed by atoms with van der Waals surface area (Å²) in [5, 5.41) is 0. The molecule has 10 heterocycles. The molecule has 0 aliphatic carbocycles. The number of rotatable bonds is 14. The summed E-state index contributed by atoms with van der Waals surface area (Å²) < 4.78 is 29.4. The monoisotopic (exact) mass is 1900 g/mol. The van der Waals surface area contributed by atoms with Crippen molar-refractivity contribution >= 4 is 147 Å². The number of nitrogens with two attached hydrogens (primary N) is 2. The molecule has 0 saturated heterocycles. The molecule has 0 radical (unpaired) electrons. The van der Waals surface area contributed by atoms with Gasteiger partial charge in [0.2, 0.25) is 0 Å². The highest BCUT2D eigenvalue weighted by Crippen LogP contribution is 2.39. The van der Waals surface area contributed by atoms with Gasteiger partial charge in [0, 0.05) is 109 Å². The van der Waals surface area contributed by atoms with Crippen LogP contribution in [0.2, 0.25) is 0 Å². The molecule has 0 fully saturated rings. The van der Waals surface area contributed by atoms with E-state index in [2.05, 4.69) is 281 Å². The Morgan fingerprint density at radius 1 is 0.291 bits per heavy atom. The molecule has 6 aromatic heterocycles. The van der Waals surface area contributed by atoms with Gasteiger partial charge in [-0.15, -0.1) is 0 Å². The van der Waals surface area contributed by atoms with E-state index in [0.29, 0.717) is 11.4 Å². The van der Waals surface area contributed by atoms with Crippen LogP contribution in [0.1, 0.15) is 45.6 Å². The molecule has 0 saturated carbocycles. The van der Waals surface area contributed by atoms with Crippen LogP contribution in [0.5, 0.6) is 46.0 Å². The van der Waals surface area contributed by atoms with Gasteiger partial charge in [0.25, 0.3) is 0 Å². The zero-order valence-electron chi connectivity index (χ0n) is 65.6. The smallest absolute Gasteiger partial charge is 0.132 e. The molecule has 8 N–H and O–H groups in total. The number of aromatic amines is 4. The van der Waals surface area contributed by atoms with Crippen molar-refractivity contribution in [1.82, 2.24) is 48.8 Å². The lowest BCUT2D eigenvalue weighted by Crippen LogP contribution is -3.00. The molecule has 4 aliphatic rings. The largest absolute Gasteiger partial charge is 1.00 e. The number of hydrogen-bond acceptors (Lipinski definition) is 11. The number of anilines is 2. The lowest BCUT2D eigenvalue weighted by Gasteiger charge is -2.23. The first-order valence-corrected chi connectivity index (χ1v) is 39.9. The van der Waals surface area contributed by atoms with Gasteiger partial charge in [-0.2, -0.15) is 0 Å². The predicted octanol–water partition coefficient (Wildman–Crippen LogP) is 18.7. The average molecular weight is 1900 g/mol. The third-order valence-corrected chi connectivity index (χ3v) is 19.3. The quantitative estimate of drug-likeness (QED) is 0.0199. The molecule has 0 amide bonds. The third-order valence-electron chi connectivity index (χ3n) is 19.3. The second-order valence-corrected chi connectivity index (χ2v) is 29.7. The van der Waals surface area contributed by atoms with Gasteiger partial charge in [-0.1, -0.05) is 71.1 Å². The highest BCUT2D eigenvalue weighted by molar-refractivity contribution is 14.1. The molecule has 0 unspecified atom stereocenters. The Kier molecular flexibility index (Phi) is 26.1. The lowest BCUT2D eigenvalue weighted by atomic mass is 10.0. The van der Waals surface area contributed by atoms with Crippen LogP contribution in [0.25, 0.3) is 137 Å². The Labute approximate surface area is 729 Å². The number of quaternary nitrogens is 2. The number of nitrogen functional groups attached to an aromatic ring is 2. The highest BCUT2D eigenvalue weighted by Gasteiger charge is 2.20. The van der Waals surface area contributed by atoms with E-state index >= 15 is 0 Å². The van der Waals surface area contributed by atoms with E-state index in [1.807, 2.05) is 138 Å². The minimum Gasteiger partial charge on any atom is -1.00 e. The van der Waals surface area contributed by atoms with E-state index in [1.165, 1.54) is 11.4 Å². The van der Waals surface area contributed by atoms with Crippen LogP contribution in [-0.2, 0) is 0 Å².